The molecule has 4 rings (SSSR count). The van der Waals surface area contributed by atoms with Crippen molar-refractivity contribution in [3.05, 3.63) is 89.7 Å². The molecule has 1 N–H and O–H groups in total. The monoisotopic (exact) mass is 375 g/mol. The quantitative estimate of drug-likeness (QED) is 0.533. The molecule has 0 fully saturated rings. The van der Waals surface area contributed by atoms with E-state index < -0.39 is 0 Å². The molecule has 0 spiro atoms. The molecule has 2 heterocycles. The van der Waals surface area contributed by atoms with Gasteiger partial charge >= 0.3 is 0 Å². The number of nitrogens with one attached hydrogen (secondary N) is 1. The van der Waals surface area contributed by atoms with E-state index in [1.165, 1.54) is 5.56 Å². The maximum Gasteiger partial charge on any atom is 0.224 e. The van der Waals surface area contributed by atoms with Crippen LogP contribution >= 0.6 is 11.6 Å². The Balaban J connectivity index is 1.47. The molecule has 0 aliphatic heterocycles. The van der Waals surface area contributed by atoms with Crippen LogP contribution in [-0.4, -0.2) is 26.3 Å². The predicted molar refractivity (Wildman–Crippen MR) is 108 cm³/mol. The van der Waals surface area contributed by atoms with E-state index in [2.05, 4.69) is 32.5 Å². The molecule has 2 aromatic carbocycles. The fourth-order valence-electron chi connectivity index (χ4n) is 2.79. The third kappa shape index (κ3) is 4.15. The van der Waals surface area contributed by atoms with Crippen LogP contribution in [0.15, 0.2) is 79.1 Å². The van der Waals surface area contributed by atoms with Gasteiger partial charge in [0.15, 0.2) is 5.82 Å². The molecule has 6 heteroatoms. The summed E-state index contributed by atoms with van der Waals surface area (Å²) in [6.07, 6.45) is 4.51. The van der Waals surface area contributed by atoms with Crippen molar-refractivity contribution in [3.63, 3.8) is 0 Å². The second kappa shape index (κ2) is 8.01. The summed E-state index contributed by atoms with van der Waals surface area (Å²) < 4.78 is 1.72. The summed E-state index contributed by atoms with van der Waals surface area (Å²) in [6, 6.07) is 21.7. The lowest BCUT2D eigenvalue weighted by molar-refractivity contribution is 0.840. The van der Waals surface area contributed by atoms with Gasteiger partial charge in [0, 0.05) is 30.6 Å². The first kappa shape index (κ1) is 17.2. The van der Waals surface area contributed by atoms with E-state index in [1.54, 1.807) is 10.9 Å². The van der Waals surface area contributed by atoms with E-state index >= 15 is 0 Å². The molecule has 4 aromatic rings. The number of nitrogens with zero attached hydrogens (tertiary/aromatic N) is 4. The van der Waals surface area contributed by atoms with Crippen LogP contribution in [0, 0.1) is 0 Å². The van der Waals surface area contributed by atoms with Crippen LogP contribution < -0.4 is 5.32 Å². The molecular formula is C21H18ClN5. The second-order valence-corrected chi connectivity index (χ2v) is 6.43. The minimum absolute atomic E-state index is 0.582. The molecule has 0 radical (unpaired) electrons. The third-order valence-electron chi connectivity index (χ3n) is 4.15. The van der Waals surface area contributed by atoms with Crippen molar-refractivity contribution in [1.82, 2.24) is 19.7 Å². The van der Waals surface area contributed by atoms with E-state index in [0.29, 0.717) is 16.8 Å². The maximum atomic E-state index is 6.26. The molecule has 134 valence electrons. The number of halogens is 1. The van der Waals surface area contributed by atoms with Crippen molar-refractivity contribution in [2.24, 2.45) is 0 Å². The Morgan fingerprint density at radius 1 is 0.926 bits per heavy atom. The van der Waals surface area contributed by atoms with Gasteiger partial charge in [-0.25, -0.2) is 9.67 Å². The molecule has 0 saturated heterocycles. The molecule has 0 amide bonds. The second-order valence-electron chi connectivity index (χ2n) is 6.03. The lowest BCUT2D eigenvalue weighted by atomic mass is 10.1. The Bertz CT molecular complexity index is 1030. The normalized spacial score (nSPS) is 10.7. The fourth-order valence-corrected chi connectivity index (χ4v) is 3.02. The molecule has 27 heavy (non-hydrogen) atoms. The van der Waals surface area contributed by atoms with Crippen LogP contribution in [-0.2, 0) is 6.42 Å². The van der Waals surface area contributed by atoms with Crippen LogP contribution in [0.1, 0.15) is 5.56 Å². The summed E-state index contributed by atoms with van der Waals surface area (Å²) >= 11 is 6.26. The fraction of sp³-hybridized carbons (Fsp3) is 0.0952. The van der Waals surface area contributed by atoms with Gasteiger partial charge in [0.05, 0.1) is 10.7 Å². The van der Waals surface area contributed by atoms with Crippen LogP contribution in [0.2, 0.25) is 5.02 Å². The molecule has 0 saturated carbocycles. The lowest BCUT2D eigenvalue weighted by Gasteiger charge is -2.07. The Morgan fingerprint density at radius 3 is 2.59 bits per heavy atom. The topological polar surface area (TPSA) is 55.6 Å². The van der Waals surface area contributed by atoms with Gasteiger partial charge in [-0.05, 0) is 24.1 Å². The zero-order valence-corrected chi connectivity index (χ0v) is 15.3. The van der Waals surface area contributed by atoms with Crippen molar-refractivity contribution < 1.29 is 0 Å². The SMILES string of the molecule is Clc1ccccc1-c1ccn(-c2ccnc(NCCc3ccccc3)n2)n1. The van der Waals surface area contributed by atoms with E-state index in [9.17, 15) is 0 Å². The third-order valence-corrected chi connectivity index (χ3v) is 4.48. The molecule has 0 unspecified atom stereocenters. The van der Waals surface area contributed by atoms with Crippen molar-refractivity contribution in [2.45, 2.75) is 6.42 Å². The smallest absolute Gasteiger partial charge is 0.224 e. The number of benzene rings is 2. The molecule has 0 atom stereocenters. The predicted octanol–water partition coefficient (Wildman–Crippen LogP) is 4.64. The highest BCUT2D eigenvalue weighted by atomic mass is 35.5. The van der Waals surface area contributed by atoms with Gasteiger partial charge in [-0.2, -0.15) is 10.1 Å². The molecule has 0 aliphatic carbocycles. The van der Waals surface area contributed by atoms with Crippen molar-refractivity contribution in [1.29, 1.82) is 0 Å². The van der Waals surface area contributed by atoms with E-state index in [0.717, 1.165) is 24.2 Å². The number of hydrogen-bond donors (Lipinski definition) is 1. The maximum absolute atomic E-state index is 6.26. The molecule has 0 aliphatic rings. The standard InChI is InChI=1S/C21H18ClN5/c22-18-9-5-4-8-17(18)19-12-15-27(26-19)20-11-14-24-21(25-20)23-13-10-16-6-2-1-3-7-16/h1-9,11-12,14-15H,10,13H2,(H,23,24,25). The Kier molecular flexibility index (Phi) is 5.12. The lowest BCUT2D eigenvalue weighted by Crippen LogP contribution is -2.09. The van der Waals surface area contributed by atoms with Crippen LogP contribution in [0.25, 0.3) is 17.1 Å². The summed E-state index contributed by atoms with van der Waals surface area (Å²) in [5, 5.41) is 8.54. The summed E-state index contributed by atoms with van der Waals surface area (Å²) in [5.41, 5.74) is 2.98. The van der Waals surface area contributed by atoms with Crippen molar-refractivity contribution in [3.8, 4) is 17.1 Å². The minimum atomic E-state index is 0.582. The molecule has 5 nitrogen and oxygen atoms in total. The van der Waals surface area contributed by atoms with Gasteiger partial charge in [-0.1, -0.05) is 60.1 Å². The van der Waals surface area contributed by atoms with Gasteiger partial charge in [0.1, 0.15) is 0 Å². The first-order chi connectivity index (χ1) is 13.3. The van der Waals surface area contributed by atoms with E-state index in [-0.39, 0.29) is 0 Å². The molecule has 2 aromatic heterocycles. The Hall–Kier alpha value is -3.18. The molecular weight excluding hydrogens is 358 g/mol. The van der Waals surface area contributed by atoms with Crippen molar-refractivity contribution in [2.75, 3.05) is 11.9 Å². The largest absolute Gasteiger partial charge is 0.354 e. The zero-order valence-electron chi connectivity index (χ0n) is 14.6. The summed E-state index contributed by atoms with van der Waals surface area (Å²) in [7, 11) is 0. The zero-order chi connectivity index (χ0) is 18.5. The van der Waals surface area contributed by atoms with Gasteiger partial charge < -0.3 is 5.32 Å². The number of rotatable bonds is 6. The Morgan fingerprint density at radius 2 is 1.74 bits per heavy atom. The number of anilines is 1. The highest BCUT2D eigenvalue weighted by molar-refractivity contribution is 6.33. The summed E-state index contributed by atoms with van der Waals surface area (Å²) in [4.78, 5) is 8.84. The summed E-state index contributed by atoms with van der Waals surface area (Å²) in [5.74, 6) is 1.28. The van der Waals surface area contributed by atoms with Crippen LogP contribution in [0.4, 0.5) is 5.95 Å². The highest BCUT2D eigenvalue weighted by Gasteiger charge is 2.08. The molecule has 0 bridgehead atoms. The summed E-state index contributed by atoms with van der Waals surface area (Å²) in [6.45, 7) is 0.761. The average Bonchev–Trinajstić information content (AvgIpc) is 3.19. The average molecular weight is 376 g/mol. The first-order valence-corrected chi connectivity index (χ1v) is 9.09. The first-order valence-electron chi connectivity index (χ1n) is 8.71. The van der Waals surface area contributed by atoms with Gasteiger partial charge in [-0.3, -0.25) is 0 Å². The van der Waals surface area contributed by atoms with Gasteiger partial charge in [0.25, 0.3) is 0 Å². The van der Waals surface area contributed by atoms with Crippen LogP contribution in [0.5, 0.6) is 0 Å². The van der Waals surface area contributed by atoms with E-state index in [1.807, 2.05) is 60.8 Å². The minimum Gasteiger partial charge on any atom is -0.354 e. The number of hydrogen-bond acceptors (Lipinski definition) is 4. The Labute approximate surface area is 162 Å². The van der Waals surface area contributed by atoms with E-state index in [4.69, 9.17) is 11.6 Å². The number of aromatic nitrogens is 4. The van der Waals surface area contributed by atoms with Crippen LogP contribution in [0.3, 0.4) is 0 Å². The van der Waals surface area contributed by atoms with Gasteiger partial charge in [-0.15, -0.1) is 0 Å². The van der Waals surface area contributed by atoms with Crippen molar-refractivity contribution >= 4 is 17.5 Å². The highest BCUT2D eigenvalue weighted by Crippen LogP contribution is 2.26. The van der Waals surface area contributed by atoms with Gasteiger partial charge in [0.2, 0.25) is 5.95 Å².